The van der Waals surface area contributed by atoms with E-state index in [1.165, 1.54) is 17.3 Å². The molecule has 2 rings (SSSR count). The van der Waals surface area contributed by atoms with E-state index in [2.05, 4.69) is 45.5 Å². The summed E-state index contributed by atoms with van der Waals surface area (Å²) in [7, 11) is 4.02. The maximum Gasteiger partial charge on any atom is 0.254 e. The number of benzene rings is 1. The number of hydrogen-bond acceptors (Lipinski definition) is 3. The number of nitrogens with zero attached hydrogens (tertiary/aromatic N) is 2. The maximum absolute atomic E-state index is 11.9. The highest BCUT2D eigenvalue weighted by Crippen LogP contribution is 2.18. The van der Waals surface area contributed by atoms with Gasteiger partial charge >= 0.3 is 0 Å². The van der Waals surface area contributed by atoms with Gasteiger partial charge in [0, 0.05) is 12.7 Å². The smallest absolute Gasteiger partial charge is 0.254 e. The molecule has 0 aliphatic carbocycles. The summed E-state index contributed by atoms with van der Waals surface area (Å²) in [5.74, 6) is -0.113. The van der Waals surface area contributed by atoms with E-state index in [9.17, 15) is 4.79 Å². The molecule has 5 heteroatoms. The van der Waals surface area contributed by atoms with Gasteiger partial charge in [-0.15, -0.1) is 0 Å². The van der Waals surface area contributed by atoms with Crippen LogP contribution in [-0.4, -0.2) is 41.6 Å². The van der Waals surface area contributed by atoms with Gasteiger partial charge < -0.3 is 10.2 Å². The molecule has 1 aromatic carbocycles. The number of carbonyl (C=O) groups excluding carboxylic acids is 1. The van der Waals surface area contributed by atoms with Crippen LogP contribution in [0.3, 0.4) is 0 Å². The number of rotatable bonds is 5. The SMILES string of the molecule is Cc1cccc(C(CNC(=O)c2cn[nH]c2)N(C)C)c1. The highest BCUT2D eigenvalue weighted by atomic mass is 16.1. The second-order valence-corrected chi connectivity index (χ2v) is 5.09. The zero-order valence-corrected chi connectivity index (χ0v) is 12.1. The number of nitrogens with one attached hydrogen (secondary N) is 2. The van der Waals surface area contributed by atoms with Gasteiger partial charge in [0.15, 0.2) is 0 Å². The molecule has 1 unspecified atom stereocenters. The van der Waals surface area contributed by atoms with Crippen molar-refractivity contribution in [2.45, 2.75) is 13.0 Å². The van der Waals surface area contributed by atoms with Crippen molar-refractivity contribution < 1.29 is 4.79 Å². The molecule has 1 atom stereocenters. The summed E-state index contributed by atoms with van der Waals surface area (Å²) in [6.07, 6.45) is 3.11. The fourth-order valence-corrected chi connectivity index (χ4v) is 2.14. The monoisotopic (exact) mass is 272 g/mol. The first-order valence-electron chi connectivity index (χ1n) is 6.58. The van der Waals surface area contributed by atoms with Crippen LogP contribution in [0.15, 0.2) is 36.7 Å². The van der Waals surface area contributed by atoms with E-state index in [0.29, 0.717) is 12.1 Å². The zero-order valence-electron chi connectivity index (χ0n) is 12.1. The second-order valence-electron chi connectivity index (χ2n) is 5.09. The van der Waals surface area contributed by atoms with Gasteiger partial charge in [0.2, 0.25) is 0 Å². The van der Waals surface area contributed by atoms with Gasteiger partial charge in [-0.3, -0.25) is 9.89 Å². The fraction of sp³-hybridized carbons (Fsp3) is 0.333. The highest BCUT2D eigenvalue weighted by molar-refractivity contribution is 5.93. The summed E-state index contributed by atoms with van der Waals surface area (Å²) in [5.41, 5.74) is 2.96. The Labute approximate surface area is 119 Å². The van der Waals surface area contributed by atoms with Gasteiger partial charge in [0.25, 0.3) is 5.91 Å². The summed E-state index contributed by atoms with van der Waals surface area (Å²) in [4.78, 5) is 14.0. The Bertz CT molecular complexity index is 563. The number of H-pyrrole nitrogens is 1. The van der Waals surface area contributed by atoms with Crippen LogP contribution in [0.4, 0.5) is 0 Å². The quantitative estimate of drug-likeness (QED) is 0.871. The molecular weight excluding hydrogens is 252 g/mol. The molecule has 2 N–H and O–H groups in total. The van der Waals surface area contributed by atoms with Crippen molar-refractivity contribution in [2.24, 2.45) is 0 Å². The van der Waals surface area contributed by atoms with Gasteiger partial charge in [-0.25, -0.2) is 0 Å². The van der Waals surface area contributed by atoms with Crippen LogP contribution in [0.1, 0.15) is 27.5 Å². The second kappa shape index (κ2) is 6.34. The van der Waals surface area contributed by atoms with Gasteiger partial charge in [-0.2, -0.15) is 5.10 Å². The molecule has 0 spiro atoms. The summed E-state index contributed by atoms with van der Waals surface area (Å²) >= 11 is 0. The molecule has 0 saturated heterocycles. The predicted octanol–water partition coefficient (Wildman–Crippen LogP) is 1.75. The Morgan fingerprint density at radius 2 is 2.25 bits per heavy atom. The average molecular weight is 272 g/mol. The Balaban J connectivity index is 2.05. The summed E-state index contributed by atoms with van der Waals surface area (Å²) in [6.45, 7) is 2.63. The minimum absolute atomic E-state index is 0.113. The number of amides is 1. The Hall–Kier alpha value is -2.14. The molecule has 1 amide bonds. The van der Waals surface area contributed by atoms with Crippen molar-refractivity contribution in [2.75, 3.05) is 20.6 Å². The van der Waals surface area contributed by atoms with E-state index in [1.54, 1.807) is 6.20 Å². The van der Waals surface area contributed by atoms with Crippen molar-refractivity contribution in [3.8, 4) is 0 Å². The minimum Gasteiger partial charge on any atom is -0.350 e. The van der Waals surface area contributed by atoms with Crippen LogP contribution in [0.2, 0.25) is 0 Å². The molecule has 0 aliphatic heterocycles. The first-order chi connectivity index (χ1) is 9.58. The third-order valence-electron chi connectivity index (χ3n) is 3.27. The average Bonchev–Trinajstić information content (AvgIpc) is 2.92. The van der Waals surface area contributed by atoms with Crippen LogP contribution in [0.5, 0.6) is 0 Å². The van der Waals surface area contributed by atoms with Crippen molar-refractivity contribution >= 4 is 5.91 Å². The molecule has 0 saturated carbocycles. The normalized spacial score (nSPS) is 12.4. The van der Waals surface area contributed by atoms with Crippen LogP contribution < -0.4 is 5.32 Å². The van der Waals surface area contributed by atoms with Crippen LogP contribution >= 0.6 is 0 Å². The highest BCUT2D eigenvalue weighted by Gasteiger charge is 2.16. The van der Waals surface area contributed by atoms with Gasteiger partial charge in [-0.1, -0.05) is 29.8 Å². The standard InChI is InChI=1S/C15H20N4O/c1-11-5-4-6-12(7-11)14(19(2)3)10-16-15(20)13-8-17-18-9-13/h4-9,14H,10H2,1-3H3,(H,16,20)(H,17,18). The van der Waals surface area contributed by atoms with Crippen molar-refractivity contribution in [1.82, 2.24) is 20.4 Å². The Morgan fingerprint density at radius 1 is 1.45 bits per heavy atom. The lowest BCUT2D eigenvalue weighted by molar-refractivity contribution is 0.0942. The van der Waals surface area contributed by atoms with Crippen molar-refractivity contribution in [3.05, 3.63) is 53.3 Å². The molecule has 0 aliphatic rings. The Morgan fingerprint density at radius 3 is 2.85 bits per heavy atom. The van der Waals surface area contributed by atoms with E-state index in [4.69, 9.17) is 0 Å². The van der Waals surface area contributed by atoms with E-state index >= 15 is 0 Å². The Kier molecular flexibility index (Phi) is 4.53. The largest absolute Gasteiger partial charge is 0.350 e. The molecule has 1 aromatic heterocycles. The van der Waals surface area contributed by atoms with E-state index < -0.39 is 0 Å². The first kappa shape index (κ1) is 14.3. The molecule has 0 fully saturated rings. The number of aromatic nitrogens is 2. The lowest BCUT2D eigenvalue weighted by Crippen LogP contribution is -2.34. The zero-order chi connectivity index (χ0) is 14.5. The summed E-state index contributed by atoms with van der Waals surface area (Å²) < 4.78 is 0. The number of aromatic amines is 1. The van der Waals surface area contributed by atoms with Crippen molar-refractivity contribution in [3.63, 3.8) is 0 Å². The maximum atomic E-state index is 11.9. The van der Waals surface area contributed by atoms with Gasteiger partial charge in [0.05, 0.1) is 17.8 Å². The topological polar surface area (TPSA) is 61.0 Å². The van der Waals surface area contributed by atoms with Crippen molar-refractivity contribution in [1.29, 1.82) is 0 Å². The van der Waals surface area contributed by atoms with Crippen LogP contribution in [0, 0.1) is 6.92 Å². The lowest BCUT2D eigenvalue weighted by Gasteiger charge is -2.25. The summed E-state index contributed by atoms with van der Waals surface area (Å²) in [5, 5.41) is 9.36. The number of carbonyl (C=O) groups is 1. The summed E-state index contributed by atoms with van der Waals surface area (Å²) in [6, 6.07) is 8.49. The molecule has 0 bridgehead atoms. The predicted molar refractivity (Wildman–Crippen MR) is 78.5 cm³/mol. The lowest BCUT2D eigenvalue weighted by atomic mass is 10.0. The molecule has 20 heavy (non-hydrogen) atoms. The molecule has 106 valence electrons. The number of aryl methyl sites for hydroxylation is 1. The van der Waals surface area contributed by atoms with E-state index in [-0.39, 0.29) is 11.9 Å². The molecule has 5 nitrogen and oxygen atoms in total. The molecule has 2 aromatic rings. The molecular formula is C15H20N4O. The van der Waals surface area contributed by atoms with Crippen LogP contribution in [-0.2, 0) is 0 Å². The number of likely N-dealkylation sites (N-methyl/N-ethyl adjacent to an activating group) is 1. The van der Waals surface area contributed by atoms with E-state index in [1.807, 2.05) is 20.2 Å². The van der Waals surface area contributed by atoms with E-state index in [0.717, 1.165) is 0 Å². The molecule has 0 radical (unpaired) electrons. The van der Waals surface area contributed by atoms with Gasteiger partial charge in [-0.05, 0) is 26.6 Å². The molecule has 1 heterocycles. The third-order valence-corrected chi connectivity index (χ3v) is 3.27. The van der Waals surface area contributed by atoms with Crippen LogP contribution in [0.25, 0.3) is 0 Å². The number of hydrogen-bond donors (Lipinski definition) is 2. The van der Waals surface area contributed by atoms with Gasteiger partial charge in [0.1, 0.15) is 0 Å². The minimum atomic E-state index is -0.113. The fourth-order valence-electron chi connectivity index (χ4n) is 2.14. The third kappa shape index (κ3) is 3.45. The first-order valence-corrected chi connectivity index (χ1v) is 6.58.